The Hall–Kier alpha value is -4.41. The van der Waals surface area contributed by atoms with Crippen molar-refractivity contribution < 1.29 is 24.2 Å². The van der Waals surface area contributed by atoms with Crippen molar-refractivity contribution >= 4 is 61.4 Å². The van der Waals surface area contributed by atoms with E-state index in [1.54, 1.807) is 36.4 Å². The number of aromatic nitrogens is 3. The van der Waals surface area contributed by atoms with Crippen LogP contribution in [0.15, 0.2) is 60.3 Å². The minimum Gasteiger partial charge on any atom is -0.505 e. The molecule has 0 bridgehead atoms. The quantitative estimate of drug-likeness (QED) is 0.0997. The Morgan fingerprint density at radius 3 is 2.60 bits per heavy atom. The summed E-state index contributed by atoms with van der Waals surface area (Å²) in [4.78, 5) is 38.5. The minimum atomic E-state index is -1.02. The highest BCUT2D eigenvalue weighted by Gasteiger charge is 2.49. The Morgan fingerprint density at radius 2 is 1.87 bits per heavy atom. The summed E-state index contributed by atoms with van der Waals surface area (Å²) in [6, 6.07) is 13.4. The Balaban J connectivity index is 1.55. The highest BCUT2D eigenvalue weighted by atomic mass is 35.5. The molecule has 0 radical (unpaired) electrons. The molecule has 1 fully saturated rings. The number of carbonyl (C=O) groups excluding carboxylic acids is 2. The van der Waals surface area contributed by atoms with E-state index in [2.05, 4.69) is 13.8 Å². The van der Waals surface area contributed by atoms with Crippen LogP contribution < -0.4 is 14.4 Å². The molecule has 1 aliphatic rings. The van der Waals surface area contributed by atoms with Crippen molar-refractivity contribution in [2.75, 3.05) is 18.1 Å². The molecule has 4 heterocycles. The summed E-state index contributed by atoms with van der Waals surface area (Å²) < 4.78 is 14.6. The number of pyridine rings is 1. The number of Topliss-reactive ketones (excluding diaryl/α,β-unsaturated/α-hetero) is 1. The van der Waals surface area contributed by atoms with E-state index >= 15 is 0 Å². The van der Waals surface area contributed by atoms with Crippen LogP contribution in [0.4, 0.5) is 5.13 Å². The number of benzene rings is 2. The number of amides is 1. The third-order valence-corrected chi connectivity index (χ3v) is 9.09. The summed E-state index contributed by atoms with van der Waals surface area (Å²) in [7, 11) is 0. The lowest BCUT2D eigenvalue weighted by Crippen LogP contribution is -2.29. The molecule has 0 spiro atoms. The van der Waals surface area contributed by atoms with Crippen molar-refractivity contribution in [3.05, 3.63) is 87.8 Å². The molecule has 1 N–H and O–H groups in total. The van der Waals surface area contributed by atoms with Crippen molar-refractivity contribution in [2.45, 2.75) is 47.1 Å². The lowest BCUT2D eigenvalue weighted by Gasteiger charge is -2.24. The SMILES string of the molecule is CCOc1cc(C2/C(=C(\O)c3nc4c(C)cccn4c3C)C(=O)C(=O)N2c2nc3ccc(Cl)cc3s2)ccc1OCCC(C)C. The summed E-state index contributed by atoms with van der Waals surface area (Å²) in [6.07, 6.45) is 2.71. The molecule has 9 nitrogen and oxygen atoms in total. The number of ketones is 1. The Kier molecular flexibility index (Phi) is 8.28. The summed E-state index contributed by atoms with van der Waals surface area (Å²) in [5, 5.41) is 12.7. The van der Waals surface area contributed by atoms with Crippen LogP contribution in [0.3, 0.4) is 0 Å². The van der Waals surface area contributed by atoms with Crippen LogP contribution in [0.5, 0.6) is 11.5 Å². The van der Waals surface area contributed by atoms with Gasteiger partial charge in [0.2, 0.25) is 0 Å². The van der Waals surface area contributed by atoms with E-state index in [0.29, 0.717) is 63.2 Å². The fraction of sp³-hybridized carbons (Fsp3) is 0.294. The molecule has 1 atom stereocenters. The molecule has 0 saturated carbocycles. The third-order valence-electron chi connectivity index (χ3n) is 7.83. The van der Waals surface area contributed by atoms with Gasteiger partial charge in [-0.3, -0.25) is 14.5 Å². The molecule has 6 rings (SSSR count). The van der Waals surface area contributed by atoms with Gasteiger partial charge in [0.05, 0.1) is 40.7 Å². The van der Waals surface area contributed by atoms with Gasteiger partial charge in [0.25, 0.3) is 5.78 Å². The molecule has 5 aromatic rings. The number of nitrogens with zero attached hydrogens (tertiary/aromatic N) is 4. The zero-order valence-corrected chi connectivity index (χ0v) is 27.2. The van der Waals surface area contributed by atoms with Gasteiger partial charge in [-0.2, -0.15) is 0 Å². The van der Waals surface area contributed by atoms with Gasteiger partial charge in [0.15, 0.2) is 22.4 Å². The molecular weight excluding hydrogens is 612 g/mol. The molecular formula is C34H33ClN4O5S. The maximum absolute atomic E-state index is 13.9. The van der Waals surface area contributed by atoms with Crippen molar-refractivity contribution in [1.29, 1.82) is 0 Å². The van der Waals surface area contributed by atoms with Gasteiger partial charge < -0.3 is 19.0 Å². The van der Waals surface area contributed by atoms with Crippen LogP contribution >= 0.6 is 22.9 Å². The lowest BCUT2D eigenvalue weighted by molar-refractivity contribution is -0.132. The molecule has 1 amide bonds. The van der Waals surface area contributed by atoms with Crippen LogP contribution in [-0.4, -0.2) is 44.4 Å². The normalized spacial score (nSPS) is 16.4. The van der Waals surface area contributed by atoms with Crippen molar-refractivity contribution in [2.24, 2.45) is 5.92 Å². The molecule has 45 heavy (non-hydrogen) atoms. The van der Waals surface area contributed by atoms with Gasteiger partial charge in [-0.25, -0.2) is 9.97 Å². The van der Waals surface area contributed by atoms with Gasteiger partial charge in [-0.15, -0.1) is 0 Å². The number of ether oxygens (including phenoxy) is 2. The van der Waals surface area contributed by atoms with E-state index < -0.39 is 17.7 Å². The second-order valence-corrected chi connectivity index (χ2v) is 12.8. The first-order valence-electron chi connectivity index (χ1n) is 14.8. The summed E-state index contributed by atoms with van der Waals surface area (Å²) in [5.74, 6) is -0.506. The molecule has 3 aromatic heterocycles. The number of imidazole rings is 1. The number of halogens is 1. The summed E-state index contributed by atoms with van der Waals surface area (Å²) >= 11 is 7.48. The molecule has 0 aliphatic carbocycles. The average Bonchev–Trinajstić information content (AvgIpc) is 3.65. The largest absolute Gasteiger partial charge is 0.505 e. The lowest BCUT2D eigenvalue weighted by atomic mass is 9.96. The number of aliphatic hydroxyl groups excluding tert-OH is 1. The summed E-state index contributed by atoms with van der Waals surface area (Å²) in [6.45, 7) is 10.7. The fourth-order valence-electron chi connectivity index (χ4n) is 5.50. The minimum absolute atomic E-state index is 0.0858. The monoisotopic (exact) mass is 644 g/mol. The number of aryl methyl sites for hydroxylation is 2. The maximum Gasteiger partial charge on any atom is 0.301 e. The maximum atomic E-state index is 13.9. The van der Waals surface area contributed by atoms with Gasteiger partial charge in [0.1, 0.15) is 11.3 Å². The standard InChI is InChI=1S/C34H33ClN4O5S/c1-6-43-25-16-21(9-12-24(25)44-15-13-18(2)3)29-27(30(40)28-20(5)38-14-7-8-19(4)32(38)37-28)31(41)33(42)39(29)34-36-23-11-10-22(35)17-26(23)45-34/h7-12,14,16-18,29,40H,6,13,15H2,1-5H3/b30-27+. The Labute approximate surface area is 269 Å². The molecule has 2 aromatic carbocycles. The van der Waals surface area contributed by atoms with E-state index in [-0.39, 0.29) is 17.0 Å². The first-order valence-corrected chi connectivity index (χ1v) is 16.0. The zero-order chi connectivity index (χ0) is 32.0. The van der Waals surface area contributed by atoms with E-state index in [4.69, 9.17) is 31.0 Å². The van der Waals surface area contributed by atoms with Crippen molar-refractivity contribution in [1.82, 2.24) is 14.4 Å². The zero-order valence-electron chi connectivity index (χ0n) is 25.6. The number of thiazole rings is 1. The Morgan fingerprint density at radius 1 is 1.07 bits per heavy atom. The predicted molar refractivity (Wildman–Crippen MR) is 177 cm³/mol. The van der Waals surface area contributed by atoms with Gasteiger partial charge in [-0.05, 0) is 80.6 Å². The van der Waals surface area contributed by atoms with Gasteiger partial charge in [0, 0.05) is 11.2 Å². The molecule has 11 heteroatoms. The van der Waals surface area contributed by atoms with Crippen LogP contribution in [0, 0.1) is 19.8 Å². The third kappa shape index (κ3) is 5.53. The number of carbonyl (C=O) groups is 2. The smallest absolute Gasteiger partial charge is 0.301 e. The molecule has 1 aliphatic heterocycles. The highest BCUT2D eigenvalue weighted by Crippen LogP contribution is 2.46. The fourth-order valence-corrected chi connectivity index (χ4v) is 6.76. The number of aliphatic hydroxyl groups is 1. The van der Waals surface area contributed by atoms with Gasteiger partial charge >= 0.3 is 5.91 Å². The summed E-state index contributed by atoms with van der Waals surface area (Å²) in [5.41, 5.74) is 3.50. The first-order chi connectivity index (χ1) is 21.6. The van der Waals surface area contributed by atoms with Crippen LogP contribution in [0.2, 0.25) is 5.02 Å². The number of anilines is 1. The number of rotatable bonds is 9. The van der Waals surface area contributed by atoms with Crippen LogP contribution in [-0.2, 0) is 9.59 Å². The second kappa shape index (κ2) is 12.2. The average molecular weight is 645 g/mol. The van der Waals surface area contributed by atoms with Crippen molar-refractivity contribution in [3.8, 4) is 11.5 Å². The molecule has 1 saturated heterocycles. The van der Waals surface area contributed by atoms with E-state index in [1.165, 1.54) is 16.2 Å². The van der Waals surface area contributed by atoms with Gasteiger partial charge in [-0.1, -0.05) is 48.9 Å². The topological polar surface area (TPSA) is 106 Å². The number of hydrogen-bond donors (Lipinski definition) is 1. The van der Waals surface area contributed by atoms with E-state index in [9.17, 15) is 14.7 Å². The predicted octanol–water partition coefficient (Wildman–Crippen LogP) is 7.66. The van der Waals surface area contributed by atoms with E-state index in [1.807, 2.05) is 43.5 Å². The second-order valence-electron chi connectivity index (χ2n) is 11.4. The molecule has 232 valence electrons. The van der Waals surface area contributed by atoms with E-state index in [0.717, 1.165) is 16.7 Å². The molecule has 1 unspecified atom stereocenters. The number of fused-ring (bicyclic) bond motifs is 2. The Bertz CT molecular complexity index is 2000. The highest BCUT2D eigenvalue weighted by molar-refractivity contribution is 7.22. The van der Waals surface area contributed by atoms with Crippen LogP contribution in [0.1, 0.15) is 55.7 Å². The van der Waals surface area contributed by atoms with Crippen LogP contribution in [0.25, 0.3) is 21.6 Å². The van der Waals surface area contributed by atoms with Crippen molar-refractivity contribution in [3.63, 3.8) is 0 Å². The number of hydrogen-bond acceptors (Lipinski definition) is 8. The first kappa shape index (κ1) is 30.6.